The van der Waals surface area contributed by atoms with Gasteiger partial charge in [-0.3, -0.25) is 0 Å². The van der Waals surface area contributed by atoms with Gasteiger partial charge in [-0.2, -0.15) is 5.10 Å². The van der Waals surface area contributed by atoms with Crippen molar-refractivity contribution >= 4 is 38.8 Å². The van der Waals surface area contributed by atoms with Crippen LogP contribution in [0.15, 0.2) is 23.8 Å². The zero-order valence-corrected chi connectivity index (χ0v) is 10.6. The van der Waals surface area contributed by atoms with Crippen LogP contribution >= 0.6 is 22.9 Å². The SMILES string of the molecule is Cc1nn(-c2ccc3scnc3c2N)cc1Cl. The molecular formula is C11H9ClN4S. The van der Waals surface area contributed by atoms with Crippen LogP contribution in [0.1, 0.15) is 5.69 Å². The Bertz CT molecular complexity index is 681. The molecule has 4 nitrogen and oxygen atoms in total. The first kappa shape index (κ1) is 10.6. The van der Waals surface area contributed by atoms with Gasteiger partial charge in [-0.25, -0.2) is 9.67 Å². The maximum absolute atomic E-state index is 6.10. The van der Waals surface area contributed by atoms with Crippen molar-refractivity contribution in [2.24, 2.45) is 0 Å². The molecule has 86 valence electrons. The number of aromatic nitrogens is 3. The predicted octanol–water partition coefficient (Wildman–Crippen LogP) is 3.03. The summed E-state index contributed by atoms with van der Waals surface area (Å²) in [6.45, 7) is 1.86. The van der Waals surface area contributed by atoms with Crippen molar-refractivity contribution in [3.05, 3.63) is 34.6 Å². The molecule has 0 amide bonds. The molecule has 0 spiro atoms. The minimum Gasteiger partial charge on any atom is -0.395 e. The fourth-order valence-electron chi connectivity index (χ4n) is 1.70. The second-order valence-corrected chi connectivity index (χ2v) is 5.00. The topological polar surface area (TPSA) is 56.7 Å². The van der Waals surface area contributed by atoms with E-state index in [0.29, 0.717) is 10.7 Å². The Morgan fingerprint density at radius 3 is 2.94 bits per heavy atom. The molecule has 2 N–H and O–H groups in total. The number of fused-ring (bicyclic) bond motifs is 1. The Balaban J connectivity index is 2.26. The van der Waals surface area contributed by atoms with E-state index in [2.05, 4.69) is 10.1 Å². The van der Waals surface area contributed by atoms with Gasteiger partial charge >= 0.3 is 0 Å². The highest BCUT2D eigenvalue weighted by Crippen LogP contribution is 2.29. The minimum absolute atomic E-state index is 0.628. The van der Waals surface area contributed by atoms with Gasteiger partial charge < -0.3 is 5.73 Å². The third-order valence-electron chi connectivity index (χ3n) is 2.60. The third kappa shape index (κ3) is 1.59. The molecule has 0 atom stereocenters. The Hall–Kier alpha value is -1.59. The van der Waals surface area contributed by atoms with Crippen LogP contribution in [0.4, 0.5) is 5.69 Å². The lowest BCUT2D eigenvalue weighted by atomic mass is 10.2. The monoisotopic (exact) mass is 264 g/mol. The van der Waals surface area contributed by atoms with E-state index in [1.54, 1.807) is 27.7 Å². The van der Waals surface area contributed by atoms with Gasteiger partial charge in [0.1, 0.15) is 5.52 Å². The van der Waals surface area contributed by atoms with Gasteiger partial charge in [-0.1, -0.05) is 11.6 Å². The zero-order valence-electron chi connectivity index (χ0n) is 9.01. The van der Waals surface area contributed by atoms with E-state index in [0.717, 1.165) is 21.6 Å². The van der Waals surface area contributed by atoms with E-state index in [1.165, 1.54) is 0 Å². The van der Waals surface area contributed by atoms with Crippen molar-refractivity contribution in [3.8, 4) is 5.69 Å². The Morgan fingerprint density at radius 1 is 1.41 bits per heavy atom. The molecule has 17 heavy (non-hydrogen) atoms. The quantitative estimate of drug-likeness (QED) is 0.688. The first-order chi connectivity index (χ1) is 8.16. The summed E-state index contributed by atoms with van der Waals surface area (Å²) in [6.07, 6.45) is 1.75. The number of thiazole rings is 1. The van der Waals surface area contributed by atoms with Crippen LogP contribution in [-0.4, -0.2) is 14.8 Å². The summed E-state index contributed by atoms with van der Waals surface area (Å²) in [5, 5.41) is 4.94. The maximum Gasteiger partial charge on any atom is 0.106 e. The van der Waals surface area contributed by atoms with E-state index >= 15 is 0 Å². The summed E-state index contributed by atoms with van der Waals surface area (Å²) >= 11 is 7.56. The predicted molar refractivity (Wildman–Crippen MR) is 70.9 cm³/mol. The fraction of sp³-hybridized carbons (Fsp3) is 0.0909. The summed E-state index contributed by atoms with van der Waals surface area (Å²) in [5.41, 5.74) is 10.9. The molecule has 0 fully saturated rings. The molecule has 1 aromatic carbocycles. The highest BCUT2D eigenvalue weighted by Gasteiger charge is 2.10. The van der Waals surface area contributed by atoms with Crippen LogP contribution in [-0.2, 0) is 0 Å². The number of hydrogen-bond acceptors (Lipinski definition) is 4. The number of nitrogens with two attached hydrogens (primary N) is 1. The molecule has 2 heterocycles. The summed E-state index contributed by atoms with van der Waals surface area (Å²) < 4.78 is 2.76. The van der Waals surface area contributed by atoms with Crippen molar-refractivity contribution in [1.29, 1.82) is 0 Å². The van der Waals surface area contributed by atoms with Gasteiger partial charge in [-0.15, -0.1) is 11.3 Å². The first-order valence-electron chi connectivity index (χ1n) is 5.00. The van der Waals surface area contributed by atoms with Crippen LogP contribution in [0.5, 0.6) is 0 Å². The lowest BCUT2D eigenvalue weighted by molar-refractivity contribution is 0.866. The van der Waals surface area contributed by atoms with Crippen LogP contribution in [0.2, 0.25) is 5.02 Å². The van der Waals surface area contributed by atoms with Gasteiger partial charge in [0, 0.05) is 6.20 Å². The number of anilines is 1. The van der Waals surface area contributed by atoms with Crippen molar-refractivity contribution in [2.45, 2.75) is 6.92 Å². The second-order valence-electron chi connectivity index (χ2n) is 3.70. The van der Waals surface area contributed by atoms with Crippen LogP contribution in [0.3, 0.4) is 0 Å². The summed E-state index contributed by atoms with van der Waals surface area (Å²) in [5.74, 6) is 0. The molecule has 0 aliphatic rings. The van der Waals surface area contributed by atoms with E-state index in [4.69, 9.17) is 17.3 Å². The maximum atomic E-state index is 6.10. The van der Waals surface area contributed by atoms with Crippen LogP contribution < -0.4 is 5.73 Å². The number of nitrogen functional groups attached to an aromatic ring is 1. The average molecular weight is 265 g/mol. The van der Waals surface area contributed by atoms with Gasteiger partial charge in [0.05, 0.1) is 32.3 Å². The third-order valence-corrected chi connectivity index (χ3v) is 3.77. The molecule has 0 saturated heterocycles. The molecule has 0 radical (unpaired) electrons. The number of hydrogen-bond donors (Lipinski definition) is 1. The van der Waals surface area contributed by atoms with Crippen molar-refractivity contribution in [3.63, 3.8) is 0 Å². The number of halogens is 1. The molecule has 0 bridgehead atoms. The van der Waals surface area contributed by atoms with Crippen molar-refractivity contribution in [1.82, 2.24) is 14.8 Å². The molecule has 0 unspecified atom stereocenters. The molecular weight excluding hydrogens is 256 g/mol. The zero-order chi connectivity index (χ0) is 12.0. The Morgan fingerprint density at radius 2 is 2.24 bits per heavy atom. The Labute approximate surface area is 107 Å². The van der Waals surface area contributed by atoms with Crippen molar-refractivity contribution < 1.29 is 0 Å². The summed E-state index contributed by atoms with van der Waals surface area (Å²) in [6, 6.07) is 3.92. The Kier molecular flexibility index (Phi) is 2.31. The average Bonchev–Trinajstić information content (AvgIpc) is 2.88. The highest BCUT2D eigenvalue weighted by atomic mass is 35.5. The van der Waals surface area contributed by atoms with Crippen molar-refractivity contribution in [2.75, 3.05) is 5.73 Å². The first-order valence-corrected chi connectivity index (χ1v) is 6.26. The molecule has 6 heteroatoms. The van der Waals surface area contributed by atoms with Crippen LogP contribution in [0, 0.1) is 6.92 Å². The molecule has 3 rings (SSSR count). The van der Waals surface area contributed by atoms with E-state index in [9.17, 15) is 0 Å². The van der Waals surface area contributed by atoms with Crippen LogP contribution in [0.25, 0.3) is 15.9 Å². The standard InChI is InChI=1S/C11H9ClN4S/c1-6-7(12)4-16(15-6)8-2-3-9-11(10(8)13)14-5-17-9/h2-5H,13H2,1H3. The van der Waals surface area contributed by atoms with E-state index < -0.39 is 0 Å². The number of aryl methyl sites for hydroxylation is 1. The molecule has 3 aromatic rings. The summed E-state index contributed by atoms with van der Waals surface area (Å²) in [7, 11) is 0. The van der Waals surface area contributed by atoms with Gasteiger partial charge in [-0.05, 0) is 19.1 Å². The lowest BCUT2D eigenvalue weighted by Crippen LogP contribution is -2.01. The fourth-order valence-corrected chi connectivity index (χ4v) is 2.53. The normalized spacial score (nSPS) is 11.2. The minimum atomic E-state index is 0.628. The van der Waals surface area contributed by atoms with E-state index in [-0.39, 0.29) is 0 Å². The molecule has 0 aliphatic carbocycles. The second kappa shape index (κ2) is 3.72. The largest absolute Gasteiger partial charge is 0.395 e. The van der Waals surface area contributed by atoms with Gasteiger partial charge in [0.25, 0.3) is 0 Å². The van der Waals surface area contributed by atoms with Gasteiger partial charge in [0.2, 0.25) is 0 Å². The number of nitrogens with zero attached hydrogens (tertiary/aromatic N) is 3. The number of benzene rings is 1. The molecule has 0 aliphatic heterocycles. The molecule has 0 saturated carbocycles. The molecule has 2 aromatic heterocycles. The smallest absolute Gasteiger partial charge is 0.106 e. The van der Waals surface area contributed by atoms with Gasteiger partial charge in [0.15, 0.2) is 0 Å². The highest BCUT2D eigenvalue weighted by molar-refractivity contribution is 7.16. The van der Waals surface area contributed by atoms with E-state index in [1.807, 2.05) is 19.1 Å². The lowest BCUT2D eigenvalue weighted by Gasteiger charge is -2.05. The summed E-state index contributed by atoms with van der Waals surface area (Å²) in [4.78, 5) is 4.25. The number of rotatable bonds is 1.